The highest BCUT2D eigenvalue weighted by molar-refractivity contribution is 6.32. The zero-order valence-corrected chi connectivity index (χ0v) is 14.0. The molecule has 0 bridgehead atoms. The fraction of sp³-hybridized carbons (Fsp3) is 0.444. The largest absolute Gasteiger partial charge is 0.495 e. The molecule has 2 aliphatic rings. The summed E-state index contributed by atoms with van der Waals surface area (Å²) in [5, 5.41) is 0.709. The van der Waals surface area contributed by atoms with E-state index < -0.39 is 0 Å². The van der Waals surface area contributed by atoms with Gasteiger partial charge in [0.25, 0.3) is 0 Å². The van der Waals surface area contributed by atoms with E-state index in [0.29, 0.717) is 10.9 Å². The molecule has 23 heavy (non-hydrogen) atoms. The van der Waals surface area contributed by atoms with Gasteiger partial charge in [0.05, 0.1) is 12.1 Å². The molecule has 4 rings (SSSR count). The highest BCUT2D eigenvalue weighted by Crippen LogP contribution is 2.38. The number of nitrogens with zero attached hydrogens (tertiary/aromatic N) is 3. The number of fused-ring (bicyclic) bond motifs is 1. The van der Waals surface area contributed by atoms with E-state index in [9.17, 15) is 0 Å². The quantitative estimate of drug-likeness (QED) is 0.859. The Balaban J connectivity index is 1.50. The molecule has 0 N–H and O–H groups in total. The highest BCUT2D eigenvalue weighted by Gasteiger charge is 2.28. The third-order valence-electron chi connectivity index (χ3n) is 4.63. The lowest BCUT2D eigenvalue weighted by atomic mass is 10.1. The van der Waals surface area contributed by atoms with Crippen molar-refractivity contribution in [3.63, 3.8) is 0 Å². The molecule has 0 spiro atoms. The van der Waals surface area contributed by atoms with Crippen LogP contribution in [0.3, 0.4) is 0 Å². The van der Waals surface area contributed by atoms with E-state index in [1.54, 1.807) is 7.11 Å². The van der Waals surface area contributed by atoms with Crippen LogP contribution in [0.2, 0.25) is 5.02 Å². The zero-order chi connectivity index (χ0) is 15.8. The molecule has 4 nitrogen and oxygen atoms in total. The maximum Gasteiger partial charge on any atom is 0.137 e. The summed E-state index contributed by atoms with van der Waals surface area (Å²) in [5.74, 6) is 2.40. The fourth-order valence-electron chi connectivity index (χ4n) is 3.14. The van der Waals surface area contributed by atoms with Crippen molar-refractivity contribution in [1.82, 2.24) is 14.9 Å². The molecule has 0 atom stereocenters. The summed E-state index contributed by atoms with van der Waals surface area (Å²) in [4.78, 5) is 11.7. The fourth-order valence-corrected chi connectivity index (χ4v) is 3.40. The first-order valence-corrected chi connectivity index (χ1v) is 8.51. The van der Waals surface area contributed by atoms with Gasteiger partial charge in [0.2, 0.25) is 0 Å². The SMILES string of the molecule is COc1cccc(CN2CCc3nc(C4CC4)ncc3C2)c1Cl. The van der Waals surface area contributed by atoms with E-state index in [0.717, 1.165) is 43.2 Å². The van der Waals surface area contributed by atoms with Gasteiger partial charge in [-0.1, -0.05) is 23.7 Å². The molecule has 1 aliphatic carbocycles. The molecule has 1 aliphatic heterocycles. The van der Waals surface area contributed by atoms with E-state index in [-0.39, 0.29) is 0 Å². The maximum absolute atomic E-state index is 6.41. The van der Waals surface area contributed by atoms with Crippen molar-refractivity contribution >= 4 is 11.6 Å². The average molecular weight is 330 g/mol. The predicted molar refractivity (Wildman–Crippen MR) is 89.8 cm³/mol. The minimum absolute atomic E-state index is 0.619. The van der Waals surface area contributed by atoms with Crippen molar-refractivity contribution in [3.05, 3.63) is 52.1 Å². The van der Waals surface area contributed by atoms with Crippen LogP contribution < -0.4 is 4.74 Å². The minimum atomic E-state index is 0.619. The van der Waals surface area contributed by atoms with Gasteiger partial charge in [0, 0.05) is 49.4 Å². The van der Waals surface area contributed by atoms with Crippen molar-refractivity contribution in [2.75, 3.05) is 13.7 Å². The van der Waals surface area contributed by atoms with Gasteiger partial charge in [-0.05, 0) is 24.5 Å². The van der Waals surface area contributed by atoms with Crippen LogP contribution in [-0.4, -0.2) is 28.5 Å². The summed E-state index contributed by atoms with van der Waals surface area (Å²) in [6, 6.07) is 5.95. The standard InChI is InChI=1S/C18H20ClN3O/c1-23-16-4-2-3-13(17(16)19)10-22-8-7-15-14(11-22)9-20-18(21-15)12-5-6-12/h2-4,9,12H,5-8,10-11H2,1H3. The van der Waals surface area contributed by atoms with Crippen LogP contribution in [0.1, 0.15) is 41.4 Å². The third kappa shape index (κ3) is 3.06. The van der Waals surface area contributed by atoms with Crippen LogP contribution in [0.4, 0.5) is 0 Å². The van der Waals surface area contributed by atoms with E-state index in [4.69, 9.17) is 21.3 Å². The van der Waals surface area contributed by atoms with Crippen LogP contribution in [0.15, 0.2) is 24.4 Å². The maximum atomic E-state index is 6.41. The van der Waals surface area contributed by atoms with Gasteiger partial charge in [-0.25, -0.2) is 9.97 Å². The summed E-state index contributed by atoms with van der Waals surface area (Å²) >= 11 is 6.41. The molecule has 0 radical (unpaired) electrons. The summed E-state index contributed by atoms with van der Waals surface area (Å²) in [7, 11) is 1.65. The number of halogens is 1. The summed E-state index contributed by atoms with van der Waals surface area (Å²) in [6.45, 7) is 2.70. The first-order valence-electron chi connectivity index (χ1n) is 8.13. The molecule has 1 saturated carbocycles. The number of aromatic nitrogens is 2. The van der Waals surface area contributed by atoms with E-state index in [2.05, 4.69) is 16.0 Å². The van der Waals surface area contributed by atoms with Gasteiger partial charge in [-0.15, -0.1) is 0 Å². The second kappa shape index (κ2) is 6.10. The number of hydrogen-bond acceptors (Lipinski definition) is 4. The van der Waals surface area contributed by atoms with Gasteiger partial charge < -0.3 is 4.74 Å². The number of rotatable bonds is 4. The lowest BCUT2D eigenvalue weighted by Crippen LogP contribution is -2.31. The van der Waals surface area contributed by atoms with Crippen LogP contribution in [0.5, 0.6) is 5.75 Å². The Bertz CT molecular complexity index is 730. The van der Waals surface area contributed by atoms with Crippen LogP contribution in [0.25, 0.3) is 0 Å². The van der Waals surface area contributed by atoms with Gasteiger partial charge in [0.1, 0.15) is 11.6 Å². The molecule has 2 heterocycles. The topological polar surface area (TPSA) is 38.2 Å². The first-order chi connectivity index (χ1) is 11.2. The molecule has 1 aromatic carbocycles. The summed E-state index contributed by atoms with van der Waals surface area (Å²) in [5.41, 5.74) is 3.58. The van der Waals surface area contributed by atoms with Crippen LogP contribution >= 0.6 is 11.6 Å². The Morgan fingerprint density at radius 2 is 2.22 bits per heavy atom. The minimum Gasteiger partial charge on any atom is -0.495 e. The Kier molecular flexibility index (Phi) is 3.95. The van der Waals surface area contributed by atoms with Gasteiger partial charge in [-0.3, -0.25) is 4.90 Å². The lowest BCUT2D eigenvalue weighted by Gasteiger charge is -2.28. The molecule has 5 heteroatoms. The average Bonchev–Trinajstić information content (AvgIpc) is 3.41. The number of ether oxygens (including phenoxy) is 1. The number of benzene rings is 1. The Hall–Kier alpha value is -1.65. The van der Waals surface area contributed by atoms with Crippen molar-refractivity contribution < 1.29 is 4.74 Å². The molecule has 2 aromatic rings. The monoisotopic (exact) mass is 329 g/mol. The Morgan fingerprint density at radius 3 is 3.00 bits per heavy atom. The summed E-state index contributed by atoms with van der Waals surface area (Å²) < 4.78 is 5.30. The van der Waals surface area contributed by atoms with Crippen molar-refractivity contribution in [2.45, 2.75) is 38.3 Å². The molecular formula is C18H20ClN3O. The van der Waals surface area contributed by atoms with Crippen LogP contribution in [0, 0.1) is 0 Å². The second-order valence-corrected chi connectivity index (χ2v) is 6.75. The normalized spacial score (nSPS) is 17.8. The number of methoxy groups -OCH3 is 1. The summed E-state index contributed by atoms with van der Waals surface area (Å²) in [6.07, 6.45) is 5.51. The molecule has 0 amide bonds. The smallest absolute Gasteiger partial charge is 0.137 e. The van der Waals surface area contributed by atoms with Crippen molar-refractivity contribution in [1.29, 1.82) is 0 Å². The molecule has 1 fully saturated rings. The molecular weight excluding hydrogens is 310 g/mol. The Morgan fingerprint density at radius 1 is 1.35 bits per heavy atom. The molecule has 1 aromatic heterocycles. The lowest BCUT2D eigenvalue weighted by molar-refractivity contribution is 0.242. The van der Waals surface area contributed by atoms with Gasteiger partial charge >= 0.3 is 0 Å². The number of hydrogen-bond donors (Lipinski definition) is 0. The molecule has 120 valence electrons. The zero-order valence-electron chi connectivity index (χ0n) is 13.3. The highest BCUT2D eigenvalue weighted by atomic mass is 35.5. The third-order valence-corrected chi connectivity index (χ3v) is 5.06. The van der Waals surface area contributed by atoms with E-state index in [1.165, 1.54) is 24.1 Å². The van der Waals surface area contributed by atoms with Crippen molar-refractivity contribution in [3.8, 4) is 5.75 Å². The second-order valence-electron chi connectivity index (χ2n) is 6.37. The molecule has 0 saturated heterocycles. The first kappa shape index (κ1) is 14.9. The van der Waals surface area contributed by atoms with Crippen LogP contribution in [-0.2, 0) is 19.5 Å². The predicted octanol–water partition coefficient (Wildman–Crippen LogP) is 3.57. The van der Waals surface area contributed by atoms with E-state index >= 15 is 0 Å². The Labute approximate surface area is 141 Å². The van der Waals surface area contributed by atoms with E-state index in [1.807, 2.05) is 18.3 Å². The van der Waals surface area contributed by atoms with Gasteiger partial charge in [0.15, 0.2) is 0 Å². The van der Waals surface area contributed by atoms with Gasteiger partial charge in [-0.2, -0.15) is 0 Å². The van der Waals surface area contributed by atoms with Crippen molar-refractivity contribution in [2.24, 2.45) is 0 Å². The molecule has 0 unspecified atom stereocenters.